The van der Waals surface area contributed by atoms with Crippen molar-refractivity contribution in [3.05, 3.63) is 125 Å². The molecule has 0 bridgehead atoms. The number of hydrogen-bond acceptors (Lipinski definition) is 4. The summed E-state index contributed by atoms with van der Waals surface area (Å²) in [5, 5.41) is 2.62. The molecule has 0 unspecified atom stereocenters. The molecule has 0 aliphatic carbocycles. The summed E-state index contributed by atoms with van der Waals surface area (Å²) in [4.78, 5) is 5.23. The first-order valence-corrected chi connectivity index (χ1v) is 21.4. The van der Waals surface area contributed by atoms with Crippen LogP contribution in [-0.4, -0.2) is 6.85 Å². The second kappa shape index (κ2) is 11.8. The largest absolute Gasteiger partial charge is 0.453 e. The van der Waals surface area contributed by atoms with Crippen LogP contribution in [0.5, 0.6) is 11.5 Å². The Morgan fingerprint density at radius 1 is 0.526 bits per heavy atom. The van der Waals surface area contributed by atoms with E-state index in [1.54, 1.807) is 0 Å². The Kier molecular flexibility index (Phi) is 7.52. The summed E-state index contributed by atoms with van der Waals surface area (Å²) in [6.45, 7) is 27.6. The fourth-order valence-electron chi connectivity index (χ4n) is 9.29. The van der Waals surface area contributed by atoms with Crippen molar-refractivity contribution in [3.8, 4) is 22.6 Å². The van der Waals surface area contributed by atoms with Crippen molar-refractivity contribution in [2.75, 3.05) is 9.71 Å². The van der Waals surface area contributed by atoms with Gasteiger partial charge in [0.05, 0.1) is 11.4 Å². The van der Waals surface area contributed by atoms with Crippen molar-refractivity contribution in [1.82, 2.24) is 0 Å². The van der Waals surface area contributed by atoms with Crippen molar-refractivity contribution >= 4 is 77.7 Å². The fraction of sp³-hybridized carbons (Fsp3) is 0.308. The van der Waals surface area contributed by atoms with Gasteiger partial charge in [-0.1, -0.05) is 132 Å². The first-order valence-electron chi connectivity index (χ1n) is 20.6. The van der Waals surface area contributed by atoms with Gasteiger partial charge in [-0.25, -0.2) is 0 Å². The maximum Gasteiger partial charge on any atom is 0.333 e. The maximum atomic E-state index is 7.16. The zero-order chi connectivity index (χ0) is 40.1. The van der Waals surface area contributed by atoms with Crippen LogP contribution in [0.25, 0.3) is 31.3 Å². The summed E-state index contributed by atoms with van der Waals surface area (Å²) in [6, 6.07) is 39.9. The third-order valence-electron chi connectivity index (χ3n) is 12.6. The van der Waals surface area contributed by atoms with Gasteiger partial charge in [-0.05, 0) is 109 Å². The van der Waals surface area contributed by atoms with Crippen molar-refractivity contribution < 1.29 is 4.74 Å². The number of hydrogen-bond donors (Lipinski definition) is 0. The smallest absolute Gasteiger partial charge is 0.333 e. The molecule has 0 radical (unpaired) electrons. The number of nitrogens with zero attached hydrogens (tertiary/aromatic N) is 2. The molecule has 0 atom stereocenters. The van der Waals surface area contributed by atoms with E-state index in [1.165, 1.54) is 87.2 Å². The van der Waals surface area contributed by atoms with Crippen LogP contribution in [0.4, 0.5) is 28.4 Å². The average molecular weight is 765 g/mol. The van der Waals surface area contributed by atoms with Crippen LogP contribution >= 0.6 is 11.3 Å². The molecule has 286 valence electrons. The second-order valence-corrected chi connectivity index (χ2v) is 21.8. The Morgan fingerprint density at radius 3 is 1.82 bits per heavy atom. The Hall–Kier alpha value is -5.00. The highest BCUT2D eigenvalue weighted by molar-refractivity contribution is 7.26. The highest BCUT2D eigenvalue weighted by Crippen LogP contribution is 2.59. The Morgan fingerprint density at radius 2 is 1.14 bits per heavy atom. The van der Waals surface area contributed by atoms with E-state index in [9.17, 15) is 0 Å². The predicted molar refractivity (Wildman–Crippen MR) is 248 cm³/mol. The van der Waals surface area contributed by atoms with E-state index in [0.29, 0.717) is 0 Å². The van der Waals surface area contributed by atoms with Gasteiger partial charge < -0.3 is 14.4 Å². The van der Waals surface area contributed by atoms with Crippen LogP contribution in [0.15, 0.2) is 103 Å². The molecule has 1 aromatic heterocycles. The van der Waals surface area contributed by atoms with E-state index >= 15 is 0 Å². The third-order valence-corrected chi connectivity index (χ3v) is 13.8. The molecule has 3 aliphatic heterocycles. The van der Waals surface area contributed by atoms with Crippen LogP contribution in [-0.2, 0) is 21.7 Å². The van der Waals surface area contributed by atoms with Crippen molar-refractivity contribution in [2.45, 2.75) is 105 Å². The number of rotatable bonds is 1. The lowest BCUT2D eigenvalue weighted by molar-refractivity contribution is 0.470. The van der Waals surface area contributed by atoms with Gasteiger partial charge in [0.25, 0.3) is 0 Å². The molecule has 3 aliphatic rings. The number of thiophene rings is 1. The standard InChI is InChI=1S/C52H53BN2OS/c1-49(2,3)30-17-21-34(22-18-30)54-40-26-31(50(4,5)6)19-23-38(40)53-46-41(54)29-36-35-15-13-14-16-44(35)57-48(36)45(46)37-25-33(52(10,11)12)28-43-47(37)55(53)39-24-20-32(51(7,8)9)27-42(39)56-43/h13-29H,1-12H3. The number of fused-ring (bicyclic) bond motifs is 10. The molecular formula is C52H53BN2OS. The van der Waals surface area contributed by atoms with E-state index in [1.807, 2.05) is 11.3 Å². The van der Waals surface area contributed by atoms with Crippen LogP contribution in [0, 0.1) is 0 Å². The number of anilines is 5. The molecule has 0 saturated heterocycles. The van der Waals surface area contributed by atoms with Gasteiger partial charge in [0.15, 0.2) is 5.75 Å². The van der Waals surface area contributed by atoms with E-state index in [0.717, 1.165) is 17.2 Å². The Balaban J connectivity index is 1.38. The van der Waals surface area contributed by atoms with Gasteiger partial charge in [-0.15, -0.1) is 11.3 Å². The van der Waals surface area contributed by atoms with Gasteiger partial charge in [-0.2, -0.15) is 0 Å². The van der Waals surface area contributed by atoms with E-state index in [2.05, 4.69) is 196 Å². The van der Waals surface area contributed by atoms with Gasteiger partial charge in [0, 0.05) is 48.4 Å². The summed E-state index contributed by atoms with van der Waals surface area (Å²) in [5.74, 6) is 1.86. The molecule has 7 aromatic rings. The Bertz CT molecular complexity index is 2820. The van der Waals surface area contributed by atoms with E-state index in [-0.39, 0.29) is 28.5 Å². The molecule has 0 fully saturated rings. The van der Waals surface area contributed by atoms with Crippen molar-refractivity contribution in [2.24, 2.45) is 0 Å². The molecule has 5 heteroatoms. The quantitative estimate of drug-likeness (QED) is 0.155. The minimum Gasteiger partial charge on any atom is -0.453 e. The lowest BCUT2D eigenvalue weighted by Crippen LogP contribution is -2.62. The molecule has 0 spiro atoms. The molecule has 0 saturated carbocycles. The van der Waals surface area contributed by atoms with Gasteiger partial charge in [0.2, 0.25) is 0 Å². The van der Waals surface area contributed by atoms with Gasteiger partial charge >= 0.3 is 6.85 Å². The normalized spacial score (nSPS) is 14.7. The molecule has 3 nitrogen and oxygen atoms in total. The molecule has 0 N–H and O–H groups in total. The summed E-state index contributed by atoms with van der Waals surface area (Å²) < 4.78 is 9.82. The SMILES string of the molecule is CC(C)(C)c1ccc(N2c3cc(C(C)(C)C)ccc3B3c4c2cc2c(sc5ccccc52)c4-c2cc(C(C)(C)C)cc4c2N3c2ccc(C(C)(C)C)cc2O4)cc1. The lowest BCUT2D eigenvalue weighted by Gasteiger charge is -2.48. The van der Waals surface area contributed by atoms with Crippen molar-refractivity contribution in [1.29, 1.82) is 0 Å². The molecular weight excluding hydrogens is 711 g/mol. The molecule has 0 amide bonds. The fourth-order valence-corrected chi connectivity index (χ4v) is 10.5. The first-order chi connectivity index (χ1) is 26.8. The number of ether oxygens (including phenoxy) is 1. The molecule has 4 heterocycles. The first kappa shape index (κ1) is 36.4. The minimum atomic E-state index is -0.0883. The summed E-state index contributed by atoms with van der Waals surface area (Å²) >= 11 is 1.93. The average Bonchev–Trinajstić information content (AvgIpc) is 3.51. The van der Waals surface area contributed by atoms with Crippen LogP contribution in [0.2, 0.25) is 0 Å². The monoisotopic (exact) mass is 764 g/mol. The summed E-state index contributed by atoms with van der Waals surface area (Å²) in [6.07, 6.45) is 0. The Labute approximate surface area is 343 Å². The van der Waals surface area contributed by atoms with E-state index in [4.69, 9.17) is 4.74 Å². The minimum absolute atomic E-state index is 0.0185. The third kappa shape index (κ3) is 5.44. The summed E-state index contributed by atoms with van der Waals surface area (Å²) in [5.41, 5.74) is 16.4. The molecule has 10 rings (SSSR count). The number of benzene rings is 6. The highest BCUT2D eigenvalue weighted by atomic mass is 32.1. The molecule has 6 aromatic carbocycles. The second-order valence-electron chi connectivity index (χ2n) is 20.7. The van der Waals surface area contributed by atoms with E-state index < -0.39 is 0 Å². The maximum absolute atomic E-state index is 7.16. The summed E-state index contributed by atoms with van der Waals surface area (Å²) in [7, 11) is 0. The van der Waals surface area contributed by atoms with Gasteiger partial charge in [-0.3, -0.25) is 0 Å². The predicted octanol–water partition coefficient (Wildman–Crippen LogP) is 14.1. The highest BCUT2D eigenvalue weighted by Gasteiger charge is 2.49. The lowest BCUT2D eigenvalue weighted by atomic mass is 9.43. The van der Waals surface area contributed by atoms with Gasteiger partial charge in [0.1, 0.15) is 5.75 Å². The zero-order valence-electron chi connectivity index (χ0n) is 35.6. The van der Waals surface area contributed by atoms with Crippen LogP contribution in [0.1, 0.15) is 105 Å². The zero-order valence-corrected chi connectivity index (χ0v) is 36.4. The van der Waals surface area contributed by atoms with Crippen LogP contribution < -0.4 is 25.4 Å². The van der Waals surface area contributed by atoms with Crippen LogP contribution in [0.3, 0.4) is 0 Å². The topological polar surface area (TPSA) is 15.7 Å². The van der Waals surface area contributed by atoms with Crippen molar-refractivity contribution in [3.63, 3.8) is 0 Å². The molecule has 57 heavy (non-hydrogen) atoms.